The first-order valence-corrected chi connectivity index (χ1v) is 10.4. The summed E-state index contributed by atoms with van der Waals surface area (Å²) < 4.78 is 11.3. The van der Waals surface area contributed by atoms with Crippen molar-refractivity contribution in [2.45, 2.75) is 26.1 Å². The van der Waals surface area contributed by atoms with Gasteiger partial charge >= 0.3 is 0 Å². The second-order valence-corrected chi connectivity index (χ2v) is 7.39. The fourth-order valence-corrected chi connectivity index (χ4v) is 3.68. The van der Waals surface area contributed by atoms with E-state index in [1.807, 2.05) is 35.7 Å². The highest BCUT2D eigenvalue weighted by Gasteiger charge is 2.14. The lowest BCUT2D eigenvalue weighted by Crippen LogP contribution is -2.27. The van der Waals surface area contributed by atoms with Crippen molar-refractivity contribution in [2.24, 2.45) is 0 Å². The van der Waals surface area contributed by atoms with Gasteiger partial charge in [0.2, 0.25) is 5.91 Å². The molecule has 0 aliphatic rings. The first kappa shape index (κ1) is 20.9. The van der Waals surface area contributed by atoms with Crippen LogP contribution in [0.25, 0.3) is 0 Å². The molecular formula is C23H25NO4S. The highest BCUT2D eigenvalue weighted by Crippen LogP contribution is 2.32. The number of hydrogen-bond donors (Lipinski definition) is 2. The largest absolute Gasteiger partial charge is 0.493 e. The Balaban J connectivity index is 1.64. The van der Waals surface area contributed by atoms with Gasteiger partial charge in [-0.3, -0.25) is 4.79 Å². The summed E-state index contributed by atoms with van der Waals surface area (Å²) in [6.45, 7) is 0.799. The summed E-state index contributed by atoms with van der Waals surface area (Å²) in [6, 6.07) is 15.4. The molecule has 0 aliphatic heterocycles. The summed E-state index contributed by atoms with van der Waals surface area (Å²) >= 11 is 1.65. The van der Waals surface area contributed by atoms with Gasteiger partial charge in [-0.15, -0.1) is 0 Å². The Bertz CT molecular complexity index is 910. The number of aliphatic hydroxyl groups is 1. The van der Waals surface area contributed by atoms with E-state index < -0.39 is 0 Å². The van der Waals surface area contributed by atoms with Gasteiger partial charge in [-0.1, -0.05) is 30.3 Å². The number of carbonyl (C=O) groups is 1. The molecule has 2 aromatic carbocycles. The Hall–Kier alpha value is -2.83. The van der Waals surface area contributed by atoms with Crippen molar-refractivity contribution in [1.82, 2.24) is 5.32 Å². The van der Waals surface area contributed by atoms with E-state index in [9.17, 15) is 9.90 Å². The van der Waals surface area contributed by atoms with Crippen LogP contribution in [0.5, 0.6) is 11.5 Å². The number of methoxy groups -OCH3 is 1. The number of ether oxygens (including phenoxy) is 2. The van der Waals surface area contributed by atoms with E-state index in [2.05, 4.69) is 16.8 Å². The zero-order chi connectivity index (χ0) is 20.5. The molecule has 3 aromatic rings. The van der Waals surface area contributed by atoms with Gasteiger partial charge in [-0.25, -0.2) is 0 Å². The van der Waals surface area contributed by atoms with E-state index in [-0.39, 0.29) is 18.9 Å². The number of aliphatic hydroxyl groups excluding tert-OH is 1. The van der Waals surface area contributed by atoms with Crippen LogP contribution in [0.4, 0.5) is 0 Å². The van der Waals surface area contributed by atoms with E-state index in [1.54, 1.807) is 30.6 Å². The summed E-state index contributed by atoms with van der Waals surface area (Å²) in [4.78, 5) is 12.3. The third-order valence-electron chi connectivity index (χ3n) is 4.56. The molecule has 1 aromatic heterocycles. The van der Waals surface area contributed by atoms with Crippen molar-refractivity contribution in [3.05, 3.63) is 81.5 Å². The highest BCUT2D eigenvalue weighted by molar-refractivity contribution is 7.07. The number of carbonyl (C=O) groups excluding carboxylic acids is 1. The maximum atomic E-state index is 12.3. The van der Waals surface area contributed by atoms with Crippen LogP contribution in [-0.4, -0.2) is 24.7 Å². The van der Waals surface area contributed by atoms with Crippen LogP contribution in [0.3, 0.4) is 0 Å². The molecule has 0 aliphatic carbocycles. The molecule has 5 nitrogen and oxygen atoms in total. The molecule has 1 heterocycles. The van der Waals surface area contributed by atoms with E-state index in [0.29, 0.717) is 30.2 Å². The van der Waals surface area contributed by atoms with Crippen LogP contribution in [-0.2, 0) is 30.8 Å². The lowest BCUT2D eigenvalue weighted by Gasteiger charge is -2.15. The molecule has 2 N–H and O–H groups in total. The standard InChI is InChI=1S/C23H25NO4S/c1-27-21-11-19(13-23(26)24-9-7-18-8-10-29-16-18)20(14-25)12-22(21)28-15-17-5-3-2-4-6-17/h2-6,8,10-12,16,25H,7,9,13-15H2,1H3,(H,24,26). The smallest absolute Gasteiger partial charge is 0.224 e. The Labute approximate surface area is 174 Å². The van der Waals surface area contributed by atoms with Crippen molar-refractivity contribution in [1.29, 1.82) is 0 Å². The second-order valence-electron chi connectivity index (χ2n) is 6.61. The summed E-state index contributed by atoms with van der Waals surface area (Å²) in [6.07, 6.45) is 0.979. The van der Waals surface area contributed by atoms with Crippen LogP contribution < -0.4 is 14.8 Å². The molecule has 0 unspecified atom stereocenters. The molecule has 0 saturated heterocycles. The minimum Gasteiger partial charge on any atom is -0.493 e. The van der Waals surface area contributed by atoms with Crippen LogP contribution in [0.1, 0.15) is 22.3 Å². The fourth-order valence-electron chi connectivity index (χ4n) is 2.98. The van der Waals surface area contributed by atoms with Gasteiger partial charge in [0.15, 0.2) is 11.5 Å². The number of benzene rings is 2. The molecule has 0 bridgehead atoms. The van der Waals surface area contributed by atoms with Crippen molar-refractivity contribution in [3.63, 3.8) is 0 Å². The zero-order valence-electron chi connectivity index (χ0n) is 16.4. The molecule has 3 rings (SSSR count). The van der Waals surface area contributed by atoms with Gasteiger partial charge in [-0.05, 0) is 57.6 Å². The normalized spacial score (nSPS) is 10.6. The van der Waals surface area contributed by atoms with Gasteiger partial charge < -0.3 is 19.9 Å². The van der Waals surface area contributed by atoms with E-state index in [0.717, 1.165) is 17.5 Å². The molecule has 0 radical (unpaired) electrons. The van der Waals surface area contributed by atoms with Crippen molar-refractivity contribution in [2.75, 3.05) is 13.7 Å². The molecular weight excluding hydrogens is 386 g/mol. The second kappa shape index (κ2) is 10.6. The van der Waals surface area contributed by atoms with Crippen LogP contribution in [0, 0.1) is 0 Å². The first-order valence-electron chi connectivity index (χ1n) is 9.44. The number of nitrogens with one attached hydrogen (secondary N) is 1. The molecule has 0 fully saturated rings. The first-order chi connectivity index (χ1) is 14.2. The summed E-state index contributed by atoms with van der Waals surface area (Å²) in [5, 5.41) is 16.8. The highest BCUT2D eigenvalue weighted by atomic mass is 32.1. The lowest BCUT2D eigenvalue weighted by atomic mass is 10.0. The predicted octanol–water partition coefficient (Wildman–Crippen LogP) is 3.73. The Morgan fingerprint density at radius 2 is 1.86 bits per heavy atom. The number of amides is 1. The van der Waals surface area contributed by atoms with Crippen molar-refractivity contribution < 1.29 is 19.4 Å². The Kier molecular flexibility index (Phi) is 7.67. The monoisotopic (exact) mass is 411 g/mol. The van der Waals surface area contributed by atoms with Gasteiger partial charge in [-0.2, -0.15) is 11.3 Å². The Morgan fingerprint density at radius 1 is 1.07 bits per heavy atom. The molecule has 29 heavy (non-hydrogen) atoms. The van der Waals surface area contributed by atoms with E-state index >= 15 is 0 Å². The summed E-state index contributed by atoms with van der Waals surface area (Å²) in [7, 11) is 1.56. The van der Waals surface area contributed by atoms with Gasteiger partial charge in [0.1, 0.15) is 6.61 Å². The van der Waals surface area contributed by atoms with E-state index in [4.69, 9.17) is 9.47 Å². The molecule has 6 heteroatoms. The minimum absolute atomic E-state index is 0.0880. The van der Waals surface area contributed by atoms with Gasteiger partial charge in [0.05, 0.1) is 20.1 Å². The topological polar surface area (TPSA) is 67.8 Å². The number of thiophene rings is 1. The molecule has 152 valence electrons. The third kappa shape index (κ3) is 6.07. The summed E-state index contributed by atoms with van der Waals surface area (Å²) in [5.74, 6) is 0.996. The minimum atomic E-state index is -0.177. The van der Waals surface area contributed by atoms with Crippen molar-refractivity contribution in [3.8, 4) is 11.5 Å². The Morgan fingerprint density at radius 3 is 2.55 bits per heavy atom. The SMILES string of the molecule is COc1cc(CC(=O)NCCc2ccsc2)c(CO)cc1OCc1ccccc1. The van der Waals surface area contributed by atoms with Gasteiger partial charge in [0, 0.05) is 6.54 Å². The fraction of sp³-hybridized carbons (Fsp3) is 0.261. The zero-order valence-corrected chi connectivity index (χ0v) is 17.2. The maximum Gasteiger partial charge on any atom is 0.224 e. The maximum absolute atomic E-state index is 12.3. The third-order valence-corrected chi connectivity index (χ3v) is 5.29. The van der Waals surface area contributed by atoms with Crippen LogP contribution in [0.2, 0.25) is 0 Å². The van der Waals surface area contributed by atoms with Crippen LogP contribution >= 0.6 is 11.3 Å². The molecule has 0 atom stereocenters. The van der Waals surface area contributed by atoms with Gasteiger partial charge in [0.25, 0.3) is 0 Å². The average Bonchev–Trinajstić information content (AvgIpc) is 3.26. The van der Waals surface area contributed by atoms with E-state index in [1.165, 1.54) is 5.56 Å². The predicted molar refractivity (Wildman–Crippen MR) is 114 cm³/mol. The number of hydrogen-bond acceptors (Lipinski definition) is 5. The summed E-state index contributed by atoms with van der Waals surface area (Å²) in [5.41, 5.74) is 3.63. The van der Waals surface area contributed by atoms with Crippen LogP contribution in [0.15, 0.2) is 59.3 Å². The molecule has 1 amide bonds. The molecule has 0 spiro atoms. The lowest BCUT2D eigenvalue weighted by molar-refractivity contribution is -0.120. The number of rotatable bonds is 10. The molecule has 0 saturated carbocycles. The quantitative estimate of drug-likeness (QED) is 0.533. The van der Waals surface area contributed by atoms with Crippen molar-refractivity contribution >= 4 is 17.2 Å². The average molecular weight is 412 g/mol.